The van der Waals surface area contributed by atoms with Crippen molar-refractivity contribution in [3.63, 3.8) is 0 Å². The molecule has 0 bridgehead atoms. The highest BCUT2D eigenvalue weighted by Gasteiger charge is 2.21. The Bertz CT molecular complexity index is 1020. The van der Waals surface area contributed by atoms with Gasteiger partial charge in [-0.15, -0.1) is 0 Å². The number of aliphatic hydroxyl groups excluding tert-OH is 2. The van der Waals surface area contributed by atoms with Crippen molar-refractivity contribution in [2.75, 3.05) is 0 Å². The van der Waals surface area contributed by atoms with Crippen molar-refractivity contribution in [2.24, 2.45) is 0 Å². The van der Waals surface area contributed by atoms with Crippen molar-refractivity contribution in [3.05, 3.63) is 131 Å². The fraction of sp³-hybridized carbons (Fsp3) is 0.143. The van der Waals surface area contributed by atoms with E-state index in [9.17, 15) is 10.2 Å². The van der Waals surface area contributed by atoms with Crippen LogP contribution in [0.1, 0.15) is 34.5 Å². The molecule has 4 nitrogen and oxygen atoms in total. The summed E-state index contributed by atoms with van der Waals surface area (Å²) in [6.07, 6.45) is -2.20. The highest BCUT2D eigenvalue weighted by molar-refractivity contribution is 5.35. The molecule has 0 aromatic heterocycles. The Labute approximate surface area is 188 Å². The Morgan fingerprint density at radius 1 is 0.500 bits per heavy atom. The van der Waals surface area contributed by atoms with Crippen molar-refractivity contribution < 1.29 is 19.7 Å². The first-order valence-corrected chi connectivity index (χ1v) is 10.6. The van der Waals surface area contributed by atoms with Gasteiger partial charge in [0.25, 0.3) is 0 Å². The lowest BCUT2D eigenvalue weighted by Gasteiger charge is -2.20. The first-order chi connectivity index (χ1) is 15.7. The Morgan fingerprint density at radius 3 is 1.31 bits per heavy atom. The van der Waals surface area contributed by atoms with Gasteiger partial charge in [-0.3, -0.25) is 0 Å². The second-order valence-corrected chi connectivity index (χ2v) is 7.58. The third kappa shape index (κ3) is 5.76. The predicted molar refractivity (Wildman–Crippen MR) is 124 cm³/mol. The van der Waals surface area contributed by atoms with Crippen LogP contribution in [0, 0.1) is 0 Å². The molecule has 0 fully saturated rings. The van der Waals surface area contributed by atoms with Crippen LogP contribution in [-0.4, -0.2) is 10.2 Å². The van der Waals surface area contributed by atoms with Gasteiger partial charge in [0.1, 0.15) is 36.9 Å². The number of hydrogen-bond acceptors (Lipinski definition) is 4. The van der Waals surface area contributed by atoms with Crippen LogP contribution < -0.4 is 9.47 Å². The number of benzene rings is 4. The van der Waals surface area contributed by atoms with Gasteiger partial charge in [-0.1, -0.05) is 84.9 Å². The quantitative estimate of drug-likeness (QED) is 0.365. The van der Waals surface area contributed by atoms with Crippen molar-refractivity contribution in [1.29, 1.82) is 0 Å². The zero-order chi connectivity index (χ0) is 22.2. The lowest BCUT2D eigenvalue weighted by Crippen LogP contribution is -2.11. The number of rotatable bonds is 9. The van der Waals surface area contributed by atoms with E-state index in [0.29, 0.717) is 35.8 Å². The molecule has 2 N–H and O–H groups in total. The maximum Gasteiger partial charge on any atom is 0.120 e. The molecule has 2 atom stereocenters. The molecule has 0 aliphatic carbocycles. The second kappa shape index (κ2) is 10.6. The molecular formula is C28H26O4. The molecule has 0 spiro atoms. The molecule has 0 saturated carbocycles. The first-order valence-electron chi connectivity index (χ1n) is 10.6. The van der Waals surface area contributed by atoms with Gasteiger partial charge in [0.15, 0.2) is 0 Å². The highest BCUT2D eigenvalue weighted by atomic mass is 16.5. The Balaban J connectivity index is 1.41. The summed E-state index contributed by atoms with van der Waals surface area (Å²) in [6.45, 7) is 0.869. The molecule has 0 radical (unpaired) electrons. The summed E-state index contributed by atoms with van der Waals surface area (Å²) in [5, 5.41) is 21.6. The molecule has 162 valence electrons. The average Bonchev–Trinajstić information content (AvgIpc) is 2.87. The molecule has 0 amide bonds. The van der Waals surface area contributed by atoms with Crippen LogP contribution in [0.25, 0.3) is 0 Å². The van der Waals surface area contributed by atoms with Gasteiger partial charge in [0.05, 0.1) is 0 Å². The Morgan fingerprint density at radius 2 is 0.906 bits per heavy atom. The first kappa shape index (κ1) is 21.6. The third-order valence-electron chi connectivity index (χ3n) is 5.19. The van der Waals surface area contributed by atoms with Crippen molar-refractivity contribution in [2.45, 2.75) is 25.4 Å². The van der Waals surface area contributed by atoms with Gasteiger partial charge in [-0.25, -0.2) is 0 Å². The molecule has 0 unspecified atom stereocenters. The number of ether oxygens (including phenoxy) is 2. The van der Waals surface area contributed by atoms with Crippen LogP contribution in [-0.2, 0) is 13.2 Å². The van der Waals surface area contributed by atoms with Gasteiger partial charge in [-0.2, -0.15) is 0 Å². The van der Waals surface area contributed by atoms with Crippen LogP contribution in [0.3, 0.4) is 0 Å². The number of hydrogen-bond donors (Lipinski definition) is 2. The van der Waals surface area contributed by atoms with Crippen molar-refractivity contribution in [3.8, 4) is 11.5 Å². The summed E-state index contributed by atoms with van der Waals surface area (Å²) in [4.78, 5) is 0. The molecule has 4 rings (SSSR count). The predicted octanol–water partition coefficient (Wildman–Crippen LogP) is 5.61. The van der Waals surface area contributed by atoms with E-state index < -0.39 is 12.2 Å². The second-order valence-electron chi connectivity index (χ2n) is 7.58. The van der Waals surface area contributed by atoms with Crippen LogP contribution in [0.5, 0.6) is 11.5 Å². The molecule has 4 heteroatoms. The molecule has 0 aliphatic rings. The van der Waals surface area contributed by atoms with E-state index >= 15 is 0 Å². The largest absolute Gasteiger partial charge is 0.489 e. The van der Waals surface area contributed by atoms with E-state index in [-0.39, 0.29) is 0 Å². The zero-order valence-electron chi connectivity index (χ0n) is 17.7. The molecule has 0 saturated heterocycles. The zero-order valence-corrected chi connectivity index (χ0v) is 17.7. The lowest BCUT2D eigenvalue weighted by molar-refractivity contribution is 0.0169. The van der Waals surface area contributed by atoms with Crippen LogP contribution in [0.15, 0.2) is 109 Å². The minimum Gasteiger partial charge on any atom is -0.489 e. The smallest absolute Gasteiger partial charge is 0.120 e. The fourth-order valence-corrected chi connectivity index (χ4v) is 3.42. The van der Waals surface area contributed by atoms with Crippen molar-refractivity contribution in [1.82, 2.24) is 0 Å². The van der Waals surface area contributed by atoms with Crippen LogP contribution in [0.4, 0.5) is 0 Å². The summed E-state index contributed by atoms with van der Waals surface area (Å²) in [5.74, 6) is 1.27. The summed E-state index contributed by atoms with van der Waals surface area (Å²) in [5.41, 5.74) is 3.29. The molecule has 4 aromatic rings. The molecule has 32 heavy (non-hydrogen) atoms. The van der Waals surface area contributed by atoms with Crippen LogP contribution in [0.2, 0.25) is 0 Å². The fourth-order valence-electron chi connectivity index (χ4n) is 3.42. The van der Waals surface area contributed by atoms with E-state index in [1.54, 1.807) is 24.3 Å². The maximum absolute atomic E-state index is 10.8. The van der Waals surface area contributed by atoms with E-state index in [0.717, 1.165) is 11.1 Å². The number of aliphatic hydroxyl groups is 2. The summed E-state index contributed by atoms with van der Waals surface area (Å²) in [7, 11) is 0. The van der Waals surface area contributed by atoms with Crippen LogP contribution >= 0.6 is 0 Å². The van der Waals surface area contributed by atoms with E-state index in [4.69, 9.17) is 9.47 Å². The topological polar surface area (TPSA) is 58.9 Å². The van der Waals surface area contributed by atoms with Gasteiger partial charge in [-0.05, 0) is 46.5 Å². The summed E-state index contributed by atoms with van der Waals surface area (Å²) < 4.78 is 11.7. The van der Waals surface area contributed by atoms with E-state index in [1.165, 1.54) is 0 Å². The maximum atomic E-state index is 10.8. The molecule has 0 heterocycles. The van der Waals surface area contributed by atoms with Crippen molar-refractivity contribution >= 4 is 0 Å². The highest BCUT2D eigenvalue weighted by Crippen LogP contribution is 2.32. The van der Waals surface area contributed by atoms with Gasteiger partial charge in [0, 0.05) is 0 Å². The normalized spacial score (nSPS) is 12.7. The third-order valence-corrected chi connectivity index (χ3v) is 5.19. The lowest BCUT2D eigenvalue weighted by atomic mass is 9.98. The molecular weight excluding hydrogens is 400 g/mol. The summed E-state index contributed by atoms with van der Waals surface area (Å²) in [6, 6.07) is 34.1. The monoisotopic (exact) mass is 426 g/mol. The molecule has 4 aromatic carbocycles. The Kier molecular flexibility index (Phi) is 7.18. The SMILES string of the molecule is O[C@@H](c1cccc(OCc2ccccc2)c1)[C@@H](O)c1cccc(OCc2ccccc2)c1. The van der Waals surface area contributed by atoms with E-state index in [1.807, 2.05) is 84.9 Å². The standard InChI is InChI=1S/C28H26O4/c29-27(23-13-7-15-25(17-23)31-19-21-9-3-1-4-10-21)28(30)24-14-8-16-26(18-24)32-20-22-11-5-2-6-12-22/h1-18,27-30H,19-20H2/t27-,28-/m0/s1. The minimum absolute atomic E-state index is 0.434. The van der Waals surface area contributed by atoms with Gasteiger partial charge < -0.3 is 19.7 Å². The Hall–Kier alpha value is -3.60. The van der Waals surface area contributed by atoms with Gasteiger partial charge in [0.2, 0.25) is 0 Å². The van der Waals surface area contributed by atoms with Gasteiger partial charge >= 0.3 is 0 Å². The van der Waals surface area contributed by atoms with E-state index in [2.05, 4.69) is 0 Å². The minimum atomic E-state index is -1.10. The summed E-state index contributed by atoms with van der Waals surface area (Å²) >= 11 is 0. The average molecular weight is 427 g/mol. The molecule has 0 aliphatic heterocycles.